The lowest BCUT2D eigenvalue weighted by Crippen LogP contribution is -2.14. The first-order chi connectivity index (χ1) is 7.79. The van der Waals surface area contributed by atoms with Gasteiger partial charge in [-0.15, -0.1) is 0 Å². The van der Waals surface area contributed by atoms with E-state index in [2.05, 4.69) is 0 Å². The van der Waals surface area contributed by atoms with Crippen LogP contribution in [0.5, 0.6) is 11.5 Å². The molecule has 1 aliphatic rings. The van der Waals surface area contributed by atoms with Gasteiger partial charge in [0.05, 0.1) is 12.7 Å². The van der Waals surface area contributed by atoms with Crippen LogP contribution in [0.25, 0.3) is 0 Å². The van der Waals surface area contributed by atoms with Gasteiger partial charge in [0.2, 0.25) is 0 Å². The Morgan fingerprint density at radius 1 is 1.25 bits per heavy atom. The van der Waals surface area contributed by atoms with Crippen LogP contribution in [-0.2, 0) is 0 Å². The number of hydrogen-bond donors (Lipinski definition) is 1. The first kappa shape index (κ1) is 11.3. The lowest BCUT2D eigenvalue weighted by atomic mass is 10.3. The maximum absolute atomic E-state index is 9.44. The van der Waals surface area contributed by atoms with Crippen molar-refractivity contribution in [1.29, 1.82) is 0 Å². The fourth-order valence-corrected chi connectivity index (χ4v) is 2.03. The van der Waals surface area contributed by atoms with Gasteiger partial charge in [-0.3, -0.25) is 0 Å². The van der Waals surface area contributed by atoms with E-state index in [-0.39, 0.29) is 12.2 Å². The Morgan fingerprint density at radius 3 is 2.62 bits per heavy atom. The molecule has 0 aliphatic heterocycles. The highest BCUT2D eigenvalue weighted by atomic mass is 16.5. The predicted octanol–water partition coefficient (Wildman–Crippen LogP) is 2.38. The fraction of sp³-hybridized carbons (Fsp3) is 0.538. The van der Waals surface area contributed by atoms with Crippen molar-refractivity contribution in [2.45, 2.75) is 38.4 Å². The number of rotatable bonds is 4. The average Bonchev–Trinajstić information content (AvgIpc) is 2.67. The van der Waals surface area contributed by atoms with Gasteiger partial charge >= 0.3 is 0 Å². The summed E-state index contributed by atoms with van der Waals surface area (Å²) in [6.07, 6.45) is 2.39. The normalized spacial score (nSPS) is 24.4. The van der Waals surface area contributed by atoms with Crippen LogP contribution in [0.4, 0.5) is 0 Å². The van der Waals surface area contributed by atoms with Gasteiger partial charge in [0.25, 0.3) is 0 Å². The number of ether oxygens (including phenoxy) is 2. The summed E-state index contributed by atoms with van der Waals surface area (Å²) in [6.45, 7) is 2.59. The third kappa shape index (κ3) is 2.67. The highest BCUT2D eigenvalue weighted by Crippen LogP contribution is 2.31. The van der Waals surface area contributed by atoms with Crippen LogP contribution >= 0.6 is 0 Å². The Hall–Kier alpha value is -1.22. The summed E-state index contributed by atoms with van der Waals surface area (Å²) in [6, 6.07) is 7.69. The fourth-order valence-electron chi connectivity index (χ4n) is 2.03. The molecule has 0 spiro atoms. The van der Waals surface area contributed by atoms with Crippen LogP contribution in [0, 0.1) is 0 Å². The maximum Gasteiger partial charge on any atom is 0.161 e. The van der Waals surface area contributed by atoms with Crippen molar-refractivity contribution in [3.8, 4) is 11.5 Å². The minimum atomic E-state index is -0.204. The first-order valence-electron chi connectivity index (χ1n) is 5.86. The van der Waals surface area contributed by atoms with Crippen LogP contribution in [0.2, 0.25) is 0 Å². The second-order valence-corrected chi connectivity index (χ2v) is 4.09. The van der Waals surface area contributed by atoms with E-state index in [0.717, 1.165) is 30.8 Å². The van der Waals surface area contributed by atoms with Gasteiger partial charge in [0, 0.05) is 6.42 Å². The van der Waals surface area contributed by atoms with E-state index in [9.17, 15) is 5.11 Å². The maximum atomic E-state index is 9.44. The average molecular weight is 222 g/mol. The Kier molecular flexibility index (Phi) is 3.67. The van der Waals surface area contributed by atoms with Gasteiger partial charge in [0.15, 0.2) is 11.5 Å². The molecule has 16 heavy (non-hydrogen) atoms. The molecule has 88 valence electrons. The van der Waals surface area contributed by atoms with Crippen molar-refractivity contribution in [1.82, 2.24) is 0 Å². The van der Waals surface area contributed by atoms with Crippen LogP contribution in [0.1, 0.15) is 26.2 Å². The van der Waals surface area contributed by atoms with E-state index >= 15 is 0 Å². The lowest BCUT2D eigenvalue weighted by Gasteiger charge is -2.16. The van der Waals surface area contributed by atoms with Crippen molar-refractivity contribution in [2.24, 2.45) is 0 Å². The summed E-state index contributed by atoms with van der Waals surface area (Å²) in [5, 5.41) is 9.44. The van der Waals surface area contributed by atoms with Crippen molar-refractivity contribution in [2.75, 3.05) is 6.61 Å². The molecule has 0 saturated heterocycles. The molecule has 1 saturated carbocycles. The summed E-state index contributed by atoms with van der Waals surface area (Å²) in [5.74, 6) is 1.56. The molecule has 1 aliphatic carbocycles. The van der Waals surface area contributed by atoms with Crippen LogP contribution in [0.3, 0.4) is 0 Å². The van der Waals surface area contributed by atoms with Crippen LogP contribution in [0.15, 0.2) is 24.3 Å². The molecule has 1 aromatic rings. The molecular formula is C13H18O3. The van der Waals surface area contributed by atoms with E-state index in [1.54, 1.807) is 0 Å². The summed E-state index contributed by atoms with van der Waals surface area (Å²) in [4.78, 5) is 0. The third-order valence-electron chi connectivity index (χ3n) is 2.80. The second-order valence-electron chi connectivity index (χ2n) is 4.09. The van der Waals surface area contributed by atoms with Gasteiger partial charge in [-0.2, -0.15) is 0 Å². The largest absolute Gasteiger partial charge is 0.490 e. The van der Waals surface area contributed by atoms with Crippen LogP contribution in [-0.4, -0.2) is 23.9 Å². The SMILES string of the molecule is CCOc1ccccc1OC1CCC(O)C1. The summed E-state index contributed by atoms with van der Waals surface area (Å²) < 4.78 is 11.3. The molecule has 1 N–H and O–H groups in total. The predicted molar refractivity (Wildman–Crippen MR) is 61.9 cm³/mol. The molecule has 2 atom stereocenters. The quantitative estimate of drug-likeness (QED) is 0.850. The minimum absolute atomic E-state index is 0.122. The van der Waals surface area contributed by atoms with E-state index < -0.39 is 0 Å². The molecule has 2 rings (SSSR count). The molecule has 0 radical (unpaired) electrons. The molecule has 1 aromatic carbocycles. The molecule has 0 bridgehead atoms. The third-order valence-corrected chi connectivity index (χ3v) is 2.80. The highest BCUT2D eigenvalue weighted by molar-refractivity contribution is 5.39. The smallest absolute Gasteiger partial charge is 0.161 e. The van der Waals surface area contributed by atoms with Crippen LogP contribution < -0.4 is 9.47 Å². The molecule has 2 unspecified atom stereocenters. The van der Waals surface area contributed by atoms with Gasteiger partial charge in [-0.25, -0.2) is 0 Å². The van der Waals surface area contributed by atoms with E-state index in [4.69, 9.17) is 9.47 Å². The summed E-state index contributed by atoms with van der Waals surface area (Å²) in [7, 11) is 0. The lowest BCUT2D eigenvalue weighted by molar-refractivity contribution is 0.146. The highest BCUT2D eigenvalue weighted by Gasteiger charge is 2.24. The summed E-state index contributed by atoms with van der Waals surface area (Å²) in [5.41, 5.74) is 0. The van der Waals surface area contributed by atoms with Crippen molar-refractivity contribution < 1.29 is 14.6 Å². The van der Waals surface area contributed by atoms with E-state index in [1.807, 2.05) is 31.2 Å². The molecule has 3 heteroatoms. The van der Waals surface area contributed by atoms with Crippen molar-refractivity contribution >= 4 is 0 Å². The van der Waals surface area contributed by atoms with Crippen molar-refractivity contribution in [3.63, 3.8) is 0 Å². The summed E-state index contributed by atoms with van der Waals surface area (Å²) >= 11 is 0. The molecule has 0 amide bonds. The Morgan fingerprint density at radius 2 is 2.00 bits per heavy atom. The number of aliphatic hydroxyl groups excluding tert-OH is 1. The molecular weight excluding hydrogens is 204 g/mol. The number of para-hydroxylation sites is 2. The van der Waals surface area contributed by atoms with Gasteiger partial charge < -0.3 is 14.6 Å². The second kappa shape index (κ2) is 5.21. The standard InChI is InChI=1S/C13H18O3/c1-2-15-12-5-3-4-6-13(12)16-11-8-7-10(14)9-11/h3-6,10-11,14H,2,7-9H2,1H3. The van der Waals surface area contributed by atoms with Gasteiger partial charge in [-0.05, 0) is 31.9 Å². The minimum Gasteiger partial charge on any atom is -0.490 e. The molecule has 0 aromatic heterocycles. The monoisotopic (exact) mass is 222 g/mol. The number of hydrogen-bond acceptors (Lipinski definition) is 3. The first-order valence-corrected chi connectivity index (χ1v) is 5.86. The van der Waals surface area contributed by atoms with Crippen molar-refractivity contribution in [3.05, 3.63) is 24.3 Å². The zero-order valence-corrected chi connectivity index (χ0v) is 9.56. The van der Waals surface area contributed by atoms with Gasteiger partial charge in [-0.1, -0.05) is 12.1 Å². The number of benzene rings is 1. The van der Waals surface area contributed by atoms with E-state index in [1.165, 1.54) is 0 Å². The zero-order valence-electron chi connectivity index (χ0n) is 9.56. The Bertz CT molecular complexity index is 338. The molecule has 3 nitrogen and oxygen atoms in total. The topological polar surface area (TPSA) is 38.7 Å². The van der Waals surface area contributed by atoms with E-state index in [0.29, 0.717) is 6.61 Å². The molecule has 1 fully saturated rings. The molecule has 0 heterocycles. The Balaban J connectivity index is 2.02. The Labute approximate surface area is 96.0 Å². The number of aliphatic hydroxyl groups is 1. The zero-order chi connectivity index (χ0) is 11.4. The van der Waals surface area contributed by atoms with Gasteiger partial charge in [0.1, 0.15) is 6.10 Å².